The summed E-state index contributed by atoms with van der Waals surface area (Å²) in [5.74, 6) is 0.573. The van der Waals surface area contributed by atoms with Gasteiger partial charge in [-0.2, -0.15) is 0 Å². The number of rotatable bonds is 3. The van der Waals surface area contributed by atoms with Crippen molar-refractivity contribution < 1.29 is 19.1 Å². The molecule has 0 bridgehead atoms. The Kier molecular flexibility index (Phi) is 4.14. The van der Waals surface area contributed by atoms with Gasteiger partial charge in [-0.3, -0.25) is 10.1 Å². The Morgan fingerprint density at radius 2 is 1.91 bits per heavy atom. The number of benzene rings is 2. The first-order valence-electron chi connectivity index (χ1n) is 7.26. The average molecular weight is 312 g/mol. The van der Waals surface area contributed by atoms with Crippen molar-refractivity contribution in [2.45, 2.75) is 13.3 Å². The molecule has 3 amide bonds. The first-order valence-corrected chi connectivity index (χ1v) is 7.26. The van der Waals surface area contributed by atoms with E-state index in [2.05, 4.69) is 10.6 Å². The van der Waals surface area contributed by atoms with Gasteiger partial charge in [-0.1, -0.05) is 19.1 Å². The summed E-state index contributed by atoms with van der Waals surface area (Å²) in [6.07, 6.45) is 0.868. The minimum Gasteiger partial charge on any atom is -0.454 e. The summed E-state index contributed by atoms with van der Waals surface area (Å²) in [6.45, 7) is 2.16. The van der Waals surface area contributed by atoms with E-state index in [1.807, 2.05) is 25.1 Å². The summed E-state index contributed by atoms with van der Waals surface area (Å²) >= 11 is 0. The lowest BCUT2D eigenvalue weighted by molar-refractivity contribution is 0.0966. The molecular weight excluding hydrogens is 296 g/mol. The highest BCUT2D eigenvalue weighted by Gasteiger charge is 2.17. The molecule has 23 heavy (non-hydrogen) atoms. The van der Waals surface area contributed by atoms with Gasteiger partial charge in [0.2, 0.25) is 6.79 Å². The molecule has 1 aliphatic rings. The fourth-order valence-corrected chi connectivity index (χ4v) is 2.24. The van der Waals surface area contributed by atoms with Crippen LogP contribution in [0.15, 0.2) is 42.5 Å². The molecule has 2 aromatic rings. The monoisotopic (exact) mass is 312 g/mol. The zero-order valence-corrected chi connectivity index (χ0v) is 12.6. The highest BCUT2D eigenvalue weighted by molar-refractivity contribution is 6.08. The minimum atomic E-state index is -0.582. The fourth-order valence-electron chi connectivity index (χ4n) is 2.24. The third kappa shape index (κ3) is 3.42. The van der Waals surface area contributed by atoms with Crippen LogP contribution >= 0.6 is 0 Å². The molecule has 1 heterocycles. The Morgan fingerprint density at radius 1 is 1.09 bits per heavy atom. The van der Waals surface area contributed by atoms with E-state index in [4.69, 9.17) is 9.47 Å². The number of anilines is 1. The third-order valence-electron chi connectivity index (χ3n) is 3.45. The van der Waals surface area contributed by atoms with Gasteiger partial charge in [0.15, 0.2) is 11.5 Å². The smallest absolute Gasteiger partial charge is 0.326 e. The van der Waals surface area contributed by atoms with E-state index in [9.17, 15) is 9.59 Å². The fraction of sp³-hybridized carbons (Fsp3) is 0.176. The van der Waals surface area contributed by atoms with Crippen molar-refractivity contribution in [1.82, 2.24) is 5.32 Å². The molecule has 0 spiro atoms. The van der Waals surface area contributed by atoms with Crippen molar-refractivity contribution in [3.05, 3.63) is 53.6 Å². The van der Waals surface area contributed by atoms with Gasteiger partial charge in [-0.25, -0.2) is 4.79 Å². The maximum absolute atomic E-state index is 12.1. The lowest BCUT2D eigenvalue weighted by atomic mass is 10.1. The molecule has 6 heteroatoms. The molecule has 0 unspecified atom stereocenters. The maximum atomic E-state index is 12.1. The van der Waals surface area contributed by atoms with Gasteiger partial charge in [-0.05, 0) is 42.3 Å². The number of hydrogen-bond acceptors (Lipinski definition) is 4. The van der Waals surface area contributed by atoms with Crippen LogP contribution in [-0.4, -0.2) is 18.7 Å². The van der Waals surface area contributed by atoms with E-state index >= 15 is 0 Å². The molecule has 0 radical (unpaired) electrons. The number of carbonyl (C=O) groups is 2. The van der Waals surface area contributed by atoms with Crippen LogP contribution in [0.25, 0.3) is 0 Å². The Bertz CT molecular complexity index is 758. The third-order valence-corrected chi connectivity index (χ3v) is 3.45. The van der Waals surface area contributed by atoms with Gasteiger partial charge < -0.3 is 14.8 Å². The molecule has 0 saturated heterocycles. The van der Waals surface area contributed by atoms with Crippen LogP contribution in [0, 0.1) is 0 Å². The molecule has 1 aliphatic heterocycles. The molecule has 0 aliphatic carbocycles. The van der Waals surface area contributed by atoms with Crippen LogP contribution in [0.2, 0.25) is 0 Å². The lowest BCUT2D eigenvalue weighted by Crippen LogP contribution is -2.34. The molecule has 6 nitrogen and oxygen atoms in total. The number of ether oxygens (including phenoxy) is 2. The van der Waals surface area contributed by atoms with E-state index in [1.54, 1.807) is 24.3 Å². The Labute approximate surface area is 133 Å². The SMILES string of the molecule is CCc1cccc(NC(=O)NC(=O)c2ccc3c(c2)OCO3)c1. The van der Waals surface area contributed by atoms with E-state index in [0.29, 0.717) is 22.7 Å². The average Bonchev–Trinajstić information content (AvgIpc) is 3.02. The Balaban J connectivity index is 1.64. The molecule has 118 valence electrons. The Morgan fingerprint density at radius 3 is 2.74 bits per heavy atom. The maximum Gasteiger partial charge on any atom is 0.326 e. The summed E-state index contributed by atoms with van der Waals surface area (Å²) in [5.41, 5.74) is 2.07. The van der Waals surface area contributed by atoms with Crippen LogP contribution < -0.4 is 20.1 Å². The number of carbonyl (C=O) groups excluding carboxylic acids is 2. The van der Waals surface area contributed by atoms with E-state index < -0.39 is 11.9 Å². The zero-order valence-electron chi connectivity index (χ0n) is 12.6. The normalized spacial score (nSPS) is 11.9. The lowest BCUT2D eigenvalue weighted by Gasteiger charge is -2.08. The quantitative estimate of drug-likeness (QED) is 0.913. The summed E-state index contributed by atoms with van der Waals surface area (Å²) in [6, 6.07) is 11.6. The van der Waals surface area contributed by atoms with Crippen molar-refractivity contribution in [1.29, 1.82) is 0 Å². The summed E-state index contributed by atoms with van der Waals surface area (Å²) in [5, 5.41) is 4.93. The molecule has 0 aromatic heterocycles. The van der Waals surface area contributed by atoms with E-state index in [0.717, 1.165) is 12.0 Å². The number of urea groups is 1. The molecular formula is C17H16N2O4. The topological polar surface area (TPSA) is 76.7 Å². The highest BCUT2D eigenvalue weighted by Crippen LogP contribution is 2.32. The van der Waals surface area contributed by atoms with Gasteiger partial charge in [0.05, 0.1) is 0 Å². The standard InChI is InChI=1S/C17H16N2O4/c1-2-11-4-3-5-13(8-11)18-17(21)19-16(20)12-6-7-14-15(9-12)23-10-22-14/h3-9H,2,10H2,1H3,(H2,18,19,20,21). The van der Waals surface area contributed by atoms with Crippen molar-refractivity contribution in [3.63, 3.8) is 0 Å². The first-order chi connectivity index (χ1) is 11.2. The van der Waals surface area contributed by atoms with E-state index in [-0.39, 0.29) is 6.79 Å². The van der Waals surface area contributed by atoms with Gasteiger partial charge in [0.25, 0.3) is 5.91 Å². The van der Waals surface area contributed by atoms with Crippen molar-refractivity contribution in [2.24, 2.45) is 0 Å². The van der Waals surface area contributed by atoms with E-state index in [1.165, 1.54) is 0 Å². The summed E-state index contributed by atoms with van der Waals surface area (Å²) in [4.78, 5) is 24.0. The van der Waals surface area contributed by atoms with Crippen molar-refractivity contribution in [2.75, 3.05) is 12.1 Å². The minimum absolute atomic E-state index is 0.134. The van der Waals surface area contributed by atoms with Gasteiger partial charge in [-0.15, -0.1) is 0 Å². The number of nitrogens with one attached hydrogen (secondary N) is 2. The number of imide groups is 1. The van der Waals surface area contributed by atoms with Crippen LogP contribution in [0.1, 0.15) is 22.8 Å². The summed E-state index contributed by atoms with van der Waals surface area (Å²) < 4.78 is 10.4. The zero-order chi connectivity index (χ0) is 16.2. The Hall–Kier alpha value is -3.02. The van der Waals surface area contributed by atoms with Crippen LogP contribution in [0.5, 0.6) is 11.5 Å². The number of fused-ring (bicyclic) bond motifs is 1. The molecule has 0 saturated carbocycles. The predicted molar refractivity (Wildman–Crippen MR) is 84.9 cm³/mol. The number of aryl methyl sites for hydroxylation is 1. The van der Waals surface area contributed by atoms with Gasteiger partial charge in [0.1, 0.15) is 0 Å². The molecule has 3 rings (SSSR count). The second-order valence-corrected chi connectivity index (χ2v) is 5.03. The second-order valence-electron chi connectivity index (χ2n) is 5.03. The van der Waals surface area contributed by atoms with Crippen LogP contribution in [-0.2, 0) is 6.42 Å². The van der Waals surface area contributed by atoms with Crippen LogP contribution in [0.3, 0.4) is 0 Å². The van der Waals surface area contributed by atoms with Crippen molar-refractivity contribution >= 4 is 17.6 Å². The largest absolute Gasteiger partial charge is 0.454 e. The van der Waals surface area contributed by atoms with Gasteiger partial charge >= 0.3 is 6.03 Å². The van der Waals surface area contributed by atoms with Crippen LogP contribution in [0.4, 0.5) is 10.5 Å². The highest BCUT2D eigenvalue weighted by atomic mass is 16.7. The molecule has 2 N–H and O–H groups in total. The predicted octanol–water partition coefficient (Wildman–Crippen LogP) is 2.94. The molecule has 2 aromatic carbocycles. The number of amides is 3. The molecule has 0 atom stereocenters. The van der Waals surface area contributed by atoms with Crippen molar-refractivity contribution in [3.8, 4) is 11.5 Å². The van der Waals surface area contributed by atoms with Gasteiger partial charge in [0, 0.05) is 11.3 Å². The first kappa shape index (κ1) is 14.9. The molecule has 0 fully saturated rings. The second kappa shape index (κ2) is 6.39. The number of hydrogen-bond donors (Lipinski definition) is 2. The summed E-state index contributed by atoms with van der Waals surface area (Å²) in [7, 11) is 0.